The van der Waals surface area contributed by atoms with Gasteiger partial charge in [0.2, 0.25) is 10.0 Å². The normalized spacial score (nSPS) is 21.5. The Labute approximate surface area is 227 Å². The number of ether oxygens (including phenoxy) is 1. The summed E-state index contributed by atoms with van der Waals surface area (Å²) in [5, 5.41) is 6.29. The standard InChI is InChI=1S/C27H35BrN4O4S/c1-20(21-5-4-6-23(17-21)32-14-12-29-26(32)33)30-24-18-22(28)7-8-25(24)37(34,35)31-13-3-2-9-27(19-31)10-15-36-16-11-27/h4-8,17-18,20,30H,2-3,9-16,19H2,1H3,(H,29,33). The van der Waals surface area contributed by atoms with E-state index in [-0.39, 0.29) is 17.5 Å². The maximum Gasteiger partial charge on any atom is 0.321 e. The van der Waals surface area contributed by atoms with Gasteiger partial charge in [-0.05, 0) is 73.9 Å². The molecule has 0 aromatic heterocycles. The summed E-state index contributed by atoms with van der Waals surface area (Å²) in [6.45, 7) is 5.74. The van der Waals surface area contributed by atoms with Crippen LogP contribution in [0.15, 0.2) is 51.8 Å². The number of hydrogen-bond acceptors (Lipinski definition) is 5. The molecule has 1 unspecified atom stereocenters. The molecule has 8 nitrogen and oxygen atoms in total. The number of rotatable bonds is 6. The molecule has 10 heteroatoms. The second-order valence-corrected chi connectivity index (χ2v) is 13.2. The monoisotopic (exact) mass is 590 g/mol. The quantitative estimate of drug-likeness (QED) is 0.487. The van der Waals surface area contributed by atoms with Gasteiger partial charge in [0.15, 0.2) is 0 Å². The van der Waals surface area contributed by atoms with Gasteiger partial charge in [-0.15, -0.1) is 0 Å². The fourth-order valence-electron chi connectivity index (χ4n) is 5.71. The van der Waals surface area contributed by atoms with Gasteiger partial charge in [0, 0.05) is 55.6 Å². The Morgan fingerprint density at radius 2 is 1.89 bits per heavy atom. The topological polar surface area (TPSA) is 91.0 Å². The first-order chi connectivity index (χ1) is 17.8. The van der Waals surface area contributed by atoms with Crippen molar-refractivity contribution >= 4 is 43.4 Å². The van der Waals surface area contributed by atoms with Crippen LogP contribution in [0.1, 0.15) is 50.6 Å². The minimum absolute atomic E-state index is 0.000368. The zero-order valence-electron chi connectivity index (χ0n) is 21.2. The molecule has 1 spiro atoms. The van der Waals surface area contributed by atoms with Crippen molar-refractivity contribution in [2.75, 3.05) is 49.6 Å². The van der Waals surface area contributed by atoms with Crippen molar-refractivity contribution in [2.24, 2.45) is 5.41 Å². The second-order valence-electron chi connectivity index (χ2n) is 10.4. The van der Waals surface area contributed by atoms with Crippen LogP contribution < -0.4 is 15.5 Å². The first-order valence-corrected chi connectivity index (χ1v) is 15.3. The van der Waals surface area contributed by atoms with Crippen molar-refractivity contribution in [1.82, 2.24) is 9.62 Å². The Morgan fingerprint density at radius 3 is 2.65 bits per heavy atom. The van der Waals surface area contributed by atoms with Crippen molar-refractivity contribution in [3.05, 3.63) is 52.5 Å². The molecule has 3 aliphatic heterocycles. The van der Waals surface area contributed by atoms with E-state index in [0.717, 1.165) is 47.8 Å². The molecule has 200 valence electrons. The number of nitrogens with one attached hydrogen (secondary N) is 2. The molecule has 5 rings (SSSR count). The summed E-state index contributed by atoms with van der Waals surface area (Å²) in [7, 11) is -3.72. The number of anilines is 2. The minimum Gasteiger partial charge on any atom is -0.381 e. The number of halogens is 1. The number of amides is 2. The molecule has 2 aromatic carbocycles. The van der Waals surface area contributed by atoms with Gasteiger partial charge >= 0.3 is 6.03 Å². The number of nitrogens with zero attached hydrogens (tertiary/aromatic N) is 2. The maximum absolute atomic E-state index is 14.1. The number of benzene rings is 2. The lowest BCUT2D eigenvalue weighted by atomic mass is 9.77. The van der Waals surface area contributed by atoms with Crippen LogP contribution in [-0.2, 0) is 14.8 Å². The van der Waals surface area contributed by atoms with Gasteiger partial charge in [-0.3, -0.25) is 4.90 Å². The Morgan fingerprint density at radius 1 is 1.08 bits per heavy atom. The molecular weight excluding hydrogens is 556 g/mol. The van der Waals surface area contributed by atoms with E-state index in [4.69, 9.17) is 4.74 Å². The largest absolute Gasteiger partial charge is 0.381 e. The molecule has 37 heavy (non-hydrogen) atoms. The highest BCUT2D eigenvalue weighted by atomic mass is 79.9. The molecule has 3 heterocycles. The molecule has 2 amide bonds. The average Bonchev–Trinajstić information content (AvgIpc) is 3.21. The molecule has 0 saturated carbocycles. The predicted octanol–water partition coefficient (Wildman–Crippen LogP) is 5.12. The van der Waals surface area contributed by atoms with E-state index in [9.17, 15) is 13.2 Å². The number of sulfonamides is 1. The Bertz CT molecular complexity index is 1250. The molecule has 2 aromatic rings. The van der Waals surface area contributed by atoms with Crippen molar-refractivity contribution in [3.8, 4) is 0 Å². The van der Waals surface area contributed by atoms with Gasteiger partial charge in [0.25, 0.3) is 0 Å². The van der Waals surface area contributed by atoms with Gasteiger partial charge in [0.1, 0.15) is 4.90 Å². The molecule has 1 atom stereocenters. The molecule has 0 bridgehead atoms. The van der Waals surface area contributed by atoms with Crippen LogP contribution in [0, 0.1) is 5.41 Å². The van der Waals surface area contributed by atoms with E-state index in [1.807, 2.05) is 37.3 Å². The third kappa shape index (κ3) is 5.67. The number of urea groups is 1. The van der Waals surface area contributed by atoms with E-state index in [1.165, 1.54) is 0 Å². The number of carbonyl (C=O) groups is 1. The highest BCUT2D eigenvalue weighted by Gasteiger charge is 2.40. The van der Waals surface area contributed by atoms with E-state index >= 15 is 0 Å². The fourth-order valence-corrected chi connectivity index (χ4v) is 7.80. The first-order valence-electron chi connectivity index (χ1n) is 13.1. The molecular formula is C27H35BrN4O4S. The van der Waals surface area contributed by atoms with Crippen LogP contribution in [0.5, 0.6) is 0 Å². The SMILES string of the molecule is CC(Nc1cc(Br)ccc1S(=O)(=O)N1CCCCC2(CCOCC2)C1)c1cccc(N2CCNC2=O)c1. The van der Waals surface area contributed by atoms with Crippen LogP contribution in [-0.4, -0.2) is 58.1 Å². The van der Waals surface area contributed by atoms with Gasteiger partial charge in [-0.2, -0.15) is 4.31 Å². The van der Waals surface area contributed by atoms with Crippen LogP contribution in [0.4, 0.5) is 16.2 Å². The average molecular weight is 592 g/mol. The summed E-state index contributed by atoms with van der Waals surface area (Å²) in [4.78, 5) is 14.2. The van der Waals surface area contributed by atoms with Gasteiger partial charge in [-0.25, -0.2) is 13.2 Å². The Hall–Kier alpha value is -2.14. The lowest BCUT2D eigenvalue weighted by Crippen LogP contribution is -2.43. The third-order valence-electron chi connectivity index (χ3n) is 7.90. The van der Waals surface area contributed by atoms with Crippen molar-refractivity contribution in [3.63, 3.8) is 0 Å². The zero-order valence-corrected chi connectivity index (χ0v) is 23.6. The summed E-state index contributed by atoms with van der Waals surface area (Å²) < 4.78 is 36.2. The third-order valence-corrected chi connectivity index (χ3v) is 10.3. The Balaban J connectivity index is 1.41. The van der Waals surface area contributed by atoms with Crippen molar-refractivity contribution in [1.29, 1.82) is 0 Å². The lowest BCUT2D eigenvalue weighted by molar-refractivity contribution is 0.00552. The van der Waals surface area contributed by atoms with Gasteiger partial charge < -0.3 is 15.4 Å². The summed E-state index contributed by atoms with van der Waals surface area (Å²) >= 11 is 3.52. The molecule has 3 saturated heterocycles. The summed E-state index contributed by atoms with van der Waals surface area (Å²) in [5.41, 5.74) is 2.36. The van der Waals surface area contributed by atoms with Gasteiger partial charge in [0.05, 0.1) is 5.69 Å². The van der Waals surface area contributed by atoms with E-state index < -0.39 is 10.0 Å². The fraction of sp³-hybridized carbons (Fsp3) is 0.519. The smallest absolute Gasteiger partial charge is 0.321 e. The predicted molar refractivity (Wildman–Crippen MR) is 148 cm³/mol. The minimum atomic E-state index is -3.72. The van der Waals surface area contributed by atoms with E-state index in [1.54, 1.807) is 21.3 Å². The van der Waals surface area contributed by atoms with Crippen molar-refractivity contribution in [2.45, 2.75) is 50.0 Å². The highest BCUT2D eigenvalue weighted by molar-refractivity contribution is 9.10. The van der Waals surface area contributed by atoms with Crippen LogP contribution in [0.25, 0.3) is 0 Å². The lowest BCUT2D eigenvalue weighted by Gasteiger charge is -2.39. The van der Waals surface area contributed by atoms with E-state index in [0.29, 0.717) is 50.0 Å². The molecule has 0 aliphatic carbocycles. The highest BCUT2D eigenvalue weighted by Crippen LogP contribution is 2.41. The summed E-state index contributed by atoms with van der Waals surface area (Å²) in [5.74, 6) is 0. The second kappa shape index (κ2) is 10.9. The van der Waals surface area contributed by atoms with Crippen LogP contribution >= 0.6 is 15.9 Å². The molecule has 2 N–H and O–H groups in total. The molecule has 3 aliphatic rings. The van der Waals surface area contributed by atoms with Crippen molar-refractivity contribution < 1.29 is 17.9 Å². The van der Waals surface area contributed by atoms with Crippen LogP contribution in [0.2, 0.25) is 0 Å². The van der Waals surface area contributed by atoms with Gasteiger partial charge in [-0.1, -0.05) is 34.5 Å². The molecule has 3 fully saturated rings. The first kappa shape index (κ1) is 26.5. The van der Waals surface area contributed by atoms with E-state index in [2.05, 4.69) is 26.6 Å². The Kier molecular flexibility index (Phi) is 7.81. The molecule has 0 radical (unpaired) electrons. The maximum atomic E-state index is 14.1. The number of carbonyl (C=O) groups excluding carboxylic acids is 1. The zero-order chi connectivity index (χ0) is 26.0. The van der Waals surface area contributed by atoms with Crippen LogP contribution in [0.3, 0.4) is 0 Å². The summed E-state index contributed by atoms with van der Waals surface area (Å²) in [6, 6.07) is 12.9. The number of hydrogen-bond donors (Lipinski definition) is 2. The summed E-state index contributed by atoms with van der Waals surface area (Å²) in [6.07, 6.45) is 4.78.